The fourth-order valence-electron chi connectivity index (χ4n) is 4.22. The van der Waals surface area contributed by atoms with Gasteiger partial charge in [0, 0.05) is 18.8 Å². The van der Waals surface area contributed by atoms with Crippen molar-refractivity contribution >= 4 is 16.7 Å². The number of nitriles is 1. The Morgan fingerprint density at radius 2 is 2.00 bits per heavy atom. The topological polar surface area (TPSA) is 72.8 Å². The van der Waals surface area contributed by atoms with Crippen molar-refractivity contribution in [1.82, 2.24) is 9.97 Å². The van der Waals surface area contributed by atoms with Crippen LogP contribution in [0.5, 0.6) is 0 Å². The van der Waals surface area contributed by atoms with Gasteiger partial charge < -0.3 is 9.88 Å². The number of anilines is 1. The lowest BCUT2D eigenvalue weighted by molar-refractivity contribution is 0.384. The third kappa shape index (κ3) is 2.60. The molecule has 1 aliphatic heterocycles. The molecular formula is C20H22N4O. The minimum atomic E-state index is -0.298. The number of piperidine rings is 1. The van der Waals surface area contributed by atoms with E-state index in [2.05, 4.69) is 16.0 Å². The zero-order chi connectivity index (χ0) is 17.0. The summed E-state index contributed by atoms with van der Waals surface area (Å²) in [7, 11) is 0. The van der Waals surface area contributed by atoms with Gasteiger partial charge in [0.25, 0.3) is 5.56 Å². The van der Waals surface area contributed by atoms with Crippen LogP contribution in [0.15, 0.2) is 16.9 Å². The van der Waals surface area contributed by atoms with Gasteiger partial charge in [-0.15, -0.1) is 0 Å². The van der Waals surface area contributed by atoms with Gasteiger partial charge in [0.1, 0.15) is 17.1 Å². The molecule has 2 saturated carbocycles. The first kappa shape index (κ1) is 14.9. The van der Waals surface area contributed by atoms with E-state index in [0.717, 1.165) is 60.7 Å². The number of H-pyrrole nitrogens is 1. The van der Waals surface area contributed by atoms with Crippen LogP contribution in [0.3, 0.4) is 0 Å². The van der Waals surface area contributed by atoms with Crippen molar-refractivity contribution in [2.75, 3.05) is 18.0 Å². The molecule has 0 atom stereocenters. The molecule has 0 aromatic carbocycles. The molecule has 25 heavy (non-hydrogen) atoms. The third-order valence-corrected chi connectivity index (χ3v) is 6.29. The molecule has 1 N–H and O–H groups in total. The van der Waals surface area contributed by atoms with Gasteiger partial charge in [-0.25, -0.2) is 4.98 Å². The Labute approximate surface area is 146 Å². The number of nitrogens with zero attached hydrogens (tertiary/aromatic N) is 3. The monoisotopic (exact) mass is 334 g/mol. The third-order valence-electron chi connectivity index (χ3n) is 6.29. The molecule has 0 amide bonds. The van der Waals surface area contributed by atoms with Gasteiger partial charge in [0.2, 0.25) is 0 Å². The predicted octanol–water partition coefficient (Wildman–Crippen LogP) is 3.13. The van der Waals surface area contributed by atoms with Crippen molar-refractivity contribution in [3.05, 3.63) is 33.7 Å². The van der Waals surface area contributed by atoms with Crippen LogP contribution in [0, 0.1) is 22.7 Å². The standard InChI is InChI=1S/C20H22N4O/c21-12-15-18(24-9-7-20(5-6-20)8-10-24)17-16(23-19(15)25)4-3-14(22-17)11-13-1-2-13/h3-4,13H,1-2,5-11H2,(H,23,25). The molecule has 2 aromatic rings. The molecule has 3 fully saturated rings. The molecule has 0 unspecified atom stereocenters. The van der Waals surface area contributed by atoms with Crippen molar-refractivity contribution in [2.45, 2.75) is 44.9 Å². The Morgan fingerprint density at radius 1 is 1.24 bits per heavy atom. The summed E-state index contributed by atoms with van der Waals surface area (Å²) in [4.78, 5) is 22.4. The van der Waals surface area contributed by atoms with Gasteiger partial charge in [-0.3, -0.25) is 4.79 Å². The Balaban J connectivity index is 1.62. The van der Waals surface area contributed by atoms with Crippen molar-refractivity contribution < 1.29 is 0 Å². The fraction of sp³-hybridized carbons (Fsp3) is 0.550. The van der Waals surface area contributed by atoms with Gasteiger partial charge in [-0.2, -0.15) is 5.26 Å². The summed E-state index contributed by atoms with van der Waals surface area (Å²) >= 11 is 0. The van der Waals surface area contributed by atoms with Gasteiger partial charge >= 0.3 is 0 Å². The average Bonchev–Trinajstić information content (AvgIpc) is 3.54. The van der Waals surface area contributed by atoms with E-state index in [1.165, 1.54) is 25.7 Å². The predicted molar refractivity (Wildman–Crippen MR) is 96.6 cm³/mol. The number of aromatic nitrogens is 2. The van der Waals surface area contributed by atoms with Crippen LogP contribution < -0.4 is 10.5 Å². The summed E-state index contributed by atoms with van der Waals surface area (Å²) in [6.07, 6.45) is 8.57. The Morgan fingerprint density at radius 3 is 2.64 bits per heavy atom. The summed E-state index contributed by atoms with van der Waals surface area (Å²) in [5.74, 6) is 0.760. The zero-order valence-corrected chi connectivity index (χ0v) is 14.3. The van der Waals surface area contributed by atoms with Crippen LogP contribution in [0.4, 0.5) is 5.69 Å². The van der Waals surface area contributed by atoms with E-state index in [4.69, 9.17) is 4.98 Å². The molecule has 5 nitrogen and oxygen atoms in total. The molecule has 3 aliphatic rings. The van der Waals surface area contributed by atoms with Gasteiger partial charge in [-0.05, 0) is 68.4 Å². The van der Waals surface area contributed by atoms with Crippen LogP contribution in [-0.4, -0.2) is 23.1 Å². The number of pyridine rings is 2. The minimum absolute atomic E-state index is 0.218. The Bertz CT molecular complexity index is 937. The smallest absolute Gasteiger partial charge is 0.268 e. The summed E-state index contributed by atoms with van der Waals surface area (Å²) in [6.45, 7) is 1.84. The van der Waals surface area contributed by atoms with E-state index in [0.29, 0.717) is 5.41 Å². The van der Waals surface area contributed by atoms with E-state index in [1.807, 2.05) is 12.1 Å². The van der Waals surface area contributed by atoms with Crippen LogP contribution in [0.25, 0.3) is 11.0 Å². The molecule has 3 heterocycles. The molecule has 5 heteroatoms. The first-order valence-electron chi connectivity index (χ1n) is 9.38. The van der Waals surface area contributed by atoms with E-state index < -0.39 is 0 Å². The number of fused-ring (bicyclic) bond motifs is 1. The molecule has 0 bridgehead atoms. The molecule has 2 aliphatic carbocycles. The lowest BCUT2D eigenvalue weighted by Crippen LogP contribution is -2.36. The number of hydrogen-bond acceptors (Lipinski definition) is 4. The maximum Gasteiger partial charge on any atom is 0.268 e. The summed E-state index contributed by atoms with van der Waals surface area (Å²) in [6, 6.07) is 6.11. The Hall–Kier alpha value is -2.35. The van der Waals surface area contributed by atoms with E-state index in [-0.39, 0.29) is 11.1 Å². The minimum Gasteiger partial charge on any atom is -0.368 e. The second kappa shape index (κ2) is 5.32. The molecule has 1 saturated heterocycles. The van der Waals surface area contributed by atoms with Gasteiger partial charge in [0.05, 0.1) is 11.2 Å². The molecule has 5 rings (SSSR count). The van der Waals surface area contributed by atoms with Gasteiger partial charge in [-0.1, -0.05) is 0 Å². The van der Waals surface area contributed by atoms with E-state index in [1.54, 1.807) is 0 Å². The molecule has 128 valence electrons. The van der Waals surface area contributed by atoms with Crippen molar-refractivity contribution in [2.24, 2.45) is 11.3 Å². The van der Waals surface area contributed by atoms with Crippen LogP contribution >= 0.6 is 0 Å². The molecule has 2 aromatic heterocycles. The van der Waals surface area contributed by atoms with Gasteiger partial charge in [0.15, 0.2) is 0 Å². The van der Waals surface area contributed by atoms with Crippen LogP contribution in [0.1, 0.15) is 49.8 Å². The highest BCUT2D eigenvalue weighted by molar-refractivity contribution is 5.91. The number of nitrogens with one attached hydrogen (secondary N) is 1. The normalized spacial score (nSPS) is 21.5. The summed E-state index contributed by atoms with van der Waals surface area (Å²) in [5, 5.41) is 9.60. The maximum atomic E-state index is 12.4. The van der Waals surface area contributed by atoms with Crippen LogP contribution in [-0.2, 0) is 6.42 Å². The average molecular weight is 334 g/mol. The highest BCUT2D eigenvalue weighted by Crippen LogP contribution is 2.54. The van der Waals surface area contributed by atoms with E-state index >= 15 is 0 Å². The second-order valence-electron chi connectivity index (χ2n) is 8.12. The first-order valence-corrected chi connectivity index (χ1v) is 9.38. The molecule has 0 radical (unpaired) electrons. The molecular weight excluding hydrogens is 312 g/mol. The second-order valence-corrected chi connectivity index (χ2v) is 8.12. The summed E-state index contributed by atoms with van der Waals surface area (Å²) < 4.78 is 0. The molecule has 1 spiro atoms. The maximum absolute atomic E-state index is 12.4. The highest BCUT2D eigenvalue weighted by atomic mass is 16.1. The number of rotatable bonds is 3. The lowest BCUT2D eigenvalue weighted by Gasteiger charge is -2.34. The highest BCUT2D eigenvalue weighted by Gasteiger charge is 2.45. The summed E-state index contributed by atoms with van der Waals surface area (Å²) in [5.41, 5.74) is 3.84. The first-order chi connectivity index (χ1) is 12.2. The number of hydrogen-bond donors (Lipinski definition) is 1. The zero-order valence-electron chi connectivity index (χ0n) is 14.3. The lowest BCUT2D eigenvalue weighted by atomic mass is 9.93. The van der Waals surface area contributed by atoms with Crippen molar-refractivity contribution in [1.29, 1.82) is 5.26 Å². The van der Waals surface area contributed by atoms with Crippen LogP contribution in [0.2, 0.25) is 0 Å². The largest absolute Gasteiger partial charge is 0.368 e. The SMILES string of the molecule is N#Cc1c(N2CCC3(CC2)CC3)c2nc(CC3CC3)ccc2[nH]c1=O. The quantitative estimate of drug-likeness (QED) is 0.936. The Kier molecular flexibility index (Phi) is 3.18. The fourth-order valence-corrected chi connectivity index (χ4v) is 4.22. The van der Waals surface area contributed by atoms with Crippen molar-refractivity contribution in [3.8, 4) is 6.07 Å². The van der Waals surface area contributed by atoms with Crippen molar-refractivity contribution in [3.63, 3.8) is 0 Å². The number of aromatic amines is 1. The van der Waals surface area contributed by atoms with E-state index in [9.17, 15) is 10.1 Å².